The van der Waals surface area contributed by atoms with E-state index in [1.54, 1.807) is 11.8 Å². The second-order valence-corrected chi connectivity index (χ2v) is 6.52. The number of nitrogens with one attached hydrogen (secondary N) is 2. The van der Waals surface area contributed by atoms with Gasteiger partial charge in [0, 0.05) is 38.3 Å². The van der Waals surface area contributed by atoms with Crippen LogP contribution in [0.3, 0.4) is 0 Å². The van der Waals surface area contributed by atoms with Crippen molar-refractivity contribution in [2.45, 2.75) is 46.2 Å². The lowest BCUT2D eigenvalue weighted by atomic mass is 10.1. The number of likely N-dealkylation sites (N-methyl/N-ethyl adjacent to an activating group) is 1. The summed E-state index contributed by atoms with van der Waals surface area (Å²) in [5.41, 5.74) is 1.69. The van der Waals surface area contributed by atoms with Crippen molar-refractivity contribution >= 4 is 17.6 Å². The van der Waals surface area contributed by atoms with E-state index in [0.29, 0.717) is 13.1 Å². The molecule has 2 rings (SSSR count). The molecule has 1 aliphatic rings. The SMILES string of the molecule is CCN1CCC[C@H](NC(=O)Nc2ccccc2CN(CC)C(C)=O)C1. The molecule has 2 N–H and O–H groups in total. The van der Waals surface area contributed by atoms with Gasteiger partial charge in [0.05, 0.1) is 0 Å². The Morgan fingerprint density at radius 2 is 2.04 bits per heavy atom. The van der Waals surface area contributed by atoms with Gasteiger partial charge in [0.25, 0.3) is 0 Å². The van der Waals surface area contributed by atoms with Crippen LogP contribution in [0.25, 0.3) is 0 Å². The zero-order valence-electron chi connectivity index (χ0n) is 15.5. The van der Waals surface area contributed by atoms with Gasteiger partial charge in [-0.1, -0.05) is 25.1 Å². The number of carbonyl (C=O) groups is 2. The van der Waals surface area contributed by atoms with Gasteiger partial charge in [-0.2, -0.15) is 0 Å². The normalized spacial score (nSPS) is 17.8. The molecule has 1 heterocycles. The zero-order chi connectivity index (χ0) is 18.2. The van der Waals surface area contributed by atoms with E-state index in [2.05, 4.69) is 22.5 Å². The smallest absolute Gasteiger partial charge is 0.319 e. The summed E-state index contributed by atoms with van der Waals surface area (Å²) in [7, 11) is 0. The molecule has 0 saturated carbocycles. The first-order valence-electron chi connectivity index (χ1n) is 9.16. The van der Waals surface area contributed by atoms with E-state index in [1.165, 1.54) is 0 Å². The Kier molecular flexibility index (Phi) is 7.25. The van der Waals surface area contributed by atoms with Crippen LogP contribution in [0, 0.1) is 0 Å². The highest BCUT2D eigenvalue weighted by Gasteiger charge is 2.20. The molecular formula is C19H30N4O2. The molecule has 1 fully saturated rings. The number of urea groups is 1. The summed E-state index contributed by atoms with van der Waals surface area (Å²) in [6.07, 6.45) is 2.12. The van der Waals surface area contributed by atoms with Crippen LogP contribution in [0.15, 0.2) is 24.3 Å². The van der Waals surface area contributed by atoms with Crippen LogP contribution < -0.4 is 10.6 Å². The van der Waals surface area contributed by atoms with E-state index in [4.69, 9.17) is 0 Å². The number of rotatable bonds is 6. The number of para-hydroxylation sites is 1. The highest BCUT2D eigenvalue weighted by atomic mass is 16.2. The number of anilines is 1. The van der Waals surface area contributed by atoms with Crippen LogP contribution in [0.1, 0.15) is 39.2 Å². The third kappa shape index (κ3) is 5.74. The van der Waals surface area contributed by atoms with E-state index in [1.807, 2.05) is 31.2 Å². The zero-order valence-corrected chi connectivity index (χ0v) is 15.5. The fraction of sp³-hybridized carbons (Fsp3) is 0.579. The topological polar surface area (TPSA) is 64.7 Å². The van der Waals surface area contributed by atoms with E-state index >= 15 is 0 Å². The van der Waals surface area contributed by atoms with Gasteiger partial charge in [0.1, 0.15) is 0 Å². The standard InChI is InChI=1S/C19H30N4O2/c1-4-22-12-8-10-17(14-22)20-19(25)21-18-11-7-6-9-16(18)13-23(5-2)15(3)24/h6-7,9,11,17H,4-5,8,10,12-14H2,1-3H3,(H2,20,21,25)/t17-/m0/s1. The predicted octanol–water partition coefficient (Wildman–Crippen LogP) is 2.66. The van der Waals surface area contributed by atoms with E-state index in [0.717, 1.165) is 43.7 Å². The van der Waals surface area contributed by atoms with Gasteiger partial charge in [0.15, 0.2) is 0 Å². The average molecular weight is 346 g/mol. The summed E-state index contributed by atoms with van der Waals surface area (Å²) < 4.78 is 0. The Balaban J connectivity index is 1.97. The minimum atomic E-state index is -0.179. The van der Waals surface area contributed by atoms with Gasteiger partial charge in [0.2, 0.25) is 5.91 Å². The van der Waals surface area contributed by atoms with Crippen molar-refractivity contribution in [2.75, 3.05) is 31.5 Å². The van der Waals surface area contributed by atoms with Crippen molar-refractivity contribution < 1.29 is 9.59 Å². The first kappa shape index (κ1) is 19.2. The Hall–Kier alpha value is -2.08. The number of amides is 3. The lowest BCUT2D eigenvalue weighted by molar-refractivity contribution is -0.129. The number of carbonyl (C=O) groups excluding carboxylic acids is 2. The molecule has 0 bridgehead atoms. The second-order valence-electron chi connectivity index (χ2n) is 6.52. The molecule has 0 unspecified atom stereocenters. The predicted molar refractivity (Wildman–Crippen MR) is 100 cm³/mol. The molecule has 0 spiro atoms. The molecule has 1 atom stereocenters. The fourth-order valence-electron chi connectivity index (χ4n) is 3.24. The molecule has 138 valence electrons. The first-order chi connectivity index (χ1) is 12.0. The summed E-state index contributed by atoms with van der Waals surface area (Å²) >= 11 is 0. The molecule has 0 radical (unpaired) electrons. The summed E-state index contributed by atoms with van der Waals surface area (Å²) in [5, 5.41) is 6.03. The number of piperidine rings is 1. The maximum Gasteiger partial charge on any atom is 0.319 e. The number of nitrogens with zero attached hydrogens (tertiary/aromatic N) is 2. The first-order valence-corrected chi connectivity index (χ1v) is 9.16. The van der Waals surface area contributed by atoms with Gasteiger partial charge in [-0.25, -0.2) is 4.79 Å². The van der Waals surface area contributed by atoms with Gasteiger partial charge < -0.3 is 20.4 Å². The summed E-state index contributed by atoms with van der Waals surface area (Å²) in [5.74, 6) is 0.0311. The third-order valence-electron chi connectivity index (χ3n) is 4.74. The van der Waals surface area contributed by atoms with Crippen molar-refractivity contribution in [3.63, 3.8) is 0 Å². The Bertz CT molecular complexity index is 591. The van der Waals surface area contributed by atoms with Gasteiger partial charge in [-0.15, -0.1) is 0 Å². The third-order valence-corrected chi connectivity index (χ3v) is 4.74. The number of hydrogen-bond donors (Lipinski definition) is 2. The summed E-state index contributed by atoms with van der Waals surface area (Å²) in [4.78, 5) is 28.2. The van der Waals surface area contributed by atoms with Crippen LogP contribution in [-0.2, 0) is 11.3 Å². The highest BCUT2D eigenvalue weighted by Crippen LogP contribution is 2.18. The molecule has 1 aromatic rings. The van der Waals surface area contributed by atoms with Crippen LogP contribution in [0.2, 0.25) is 0 Å². The number of benzene rings is 1. The number of hydrogen-bond acceptors (Lipinski definition) is 3. The van der Waals surface area contributed by atoms with Gasteiger partial charge in [-0.3, -0.25) is 4.79 Å². The minimum absolute atomic E-state index is 0.0311. The van der Waals surface area contributed by atoms with Gasteiger partial charge in [-0.05, 0) is 44.5 Å². The maximum absolute atomic E-state index is 12.4. The average Bonchev–Trinajstić information content (AvgIpc) is 2.60. The molecular weight excluding hydrogens is 316 g/mol. The summed E-state index contributed by atoms with van der Waals surface area (Å²) in [6, 6.07) is 7.64. The maximum atomic E-state index is 12.4. The molecule has 6 heteroatoms. The van der Waals surface area contributed by atoms with Crippen molar-refractivity contribution in [3.05, 3.63) is 29.8 Å². The quantitative estimate of drug-likeness (QED) is 0.832. The van der Waals surface area contributed by atoms with Crippen molar-refractivity contribution in [1.82, 2.24) is 15.1 Å². The Morgan fingerprint density at radius 1 is 1.28 bits per heavy atom. The van der Waals surface area contributed by atoms with E-state index in [9.17, 15) is 9.59 Å². The fourth-order valence-corrected chi connectivity index (χ4v) is 3.24. The summed E-state index contributed by atoms with van der Waals surface area (Å²) in [6.45, 7) is 9.83. The molecule has 1 aliphatic heterocycles. The molecule has 3 amide bonds. The van der Waals surface area contributed by atoms with E-state index < -0.39 is 0 Å². The lowest BCUT2D eigenvalue weighted by Crippen LogP contribution is -2.48. The molecule has 1 saturated heterocycles. The molecule has 1 aromatic carbocycles. The van der Waals surface area contributed by atoms with Crippen LogP contribution in [0.5, 0.6) is 0 Å². The van der Waals surface area contributed by atoms with Gasteiger partial charge >= 0.3 is 6.03 Å². The van der Waals surface area contributed by atoms with Crippen LogP contribution in [0.4, 0.5) is 10.5 Å². The van der Waals surface area contributed by atoms with Crippen molar-refractivity contribution in [1.29, 1.82) is 0 Å². The molecule has 25 heavy (non-hydrogen) atoms. The van der Waals surface area contributed by atoms with Crippen LogP contribution in [-0.4, -0.2) is 54.0 Å². The van der Waals surface area contributed by atoms with Crippen LogP contribution >= 0.6 is 0 Å². The Labute approximate surface area is 150 Å². The number of likely N-dealkylation sites (tertiary alicyclic amines) is 1. The minimum Gasteiger partial charge on any atom is -0.339 e. The lowest BCUT2D eigenvalue weighted by Gasteiger charge is -2.32. The van der Waals surface area contributed by atoms with E-state index in [-0.39, 0.29) is 18.0 Å². The molecule has 0 aromatic heterocycles. The largest absolute Gasteiger partial charge is 0.339 e. The van der Waals surface area contributed by atoms with Crippen molar-refractivity contribution in [3.8, 4) is 0 Å². The molecule has 6 nitrogen and oxygen atoms in total. The van der Waals surface area contributed by atoms with Crippen molar-refractivity contribution in [2.24, 2.45) is 0 Å². The monoisotopic (exact) mass is 346 g/mol. The second kappa shape index (κ2) is 9.42. The highest BCUT2D eigenvalue weighted by molar-refractivity contribution is 5.90. The molecule has 0 aliphatic carbocycles. The Morgan fingerprint density at radius 3 is 2.72 bits per heavy atom.